The maximum atomic E-state index is 9.36. The first-order chi connectivity index (χ1) is 19.6. The van der Waals surface area contributed by atoms with Gasteiger partial charge in [-0.05, 0) is 66.1 Å². The third kappa shape index (κ3) is 7.36. The van der Waals surface area contributed by atoms with E-state index in [4.69, 9.17) is 18.9 Å². The van der Waals surface area contributed by atoms with E-state index in [0.717, 1.165) is 36.1 Å². The number of rotatable bonds is 13. The molecule has 2 unspecified atom stereocenters. The summed E-state index contributed by atoms with van der Waals surface area (Å²) in [4.78, 5) is 13.6. The maximum Gasteiger partial charge on any atom is 0.488 e. The number of nitrogens with zero attached hydrogens (tertiary/aromatic N) is 3. The predicted molar refractivity (Wildman–Crippen MR) is 149 cm³/mol. The molecule has 1 aromatic heterocycles. The molecule has 13 heteroatoms. The summed E-state index contributed by atoms with van der Waals surface area (Å²) in [5.74, 6) is 2.40. The molecule has 0 aliphatic carbocycles. The van der Waals surface area contributed by atoms with Crippen LogP contribution >= 0.6 is 0 Å². The molecule has 2 saturated heterocycles. The van der Waals surface area contributed by atoms with Crippen LogP contribution in [0, 0.1) is 0 Å². The van der Waals surface area contributed by atoms with Gasteiger partial charge in [0.2, 0.25) is 17.8 Å². The van der Waals surface area contributed by atoms with Gasteiger partial charge in [-0.15, -0.1) is 0 Å². The largest absolute Gasteiger partial charge is 0.491 e. The Labute approximate surface area is 230 Å². The van der Waals surface area contributed by atoms with Gasteiger partial charge in [0.25, 0.3) is 0 Å². The molecule has 0 bridgehead atoms. The summed E-state index contributed by atoms with van der Waals surface area (Å²) >= 11 is 0. The second-order valence-corrected chi connectivity index (χ2v) is 9.26. The summed E-state index contributed by atoms with van der Waals surface area (Å²) in [6.07, 6.45) is 0.372. The Bertz CT molecular complexity index is 1340. The van der Waals surface area contributed by atoms with Crippen molar-refractivity contribution in [2.75, 3.05) is 42.4 Å². The minimum atomic E-state index is -1.55. The molecule has 40 heavy (non-hydrogen) atoms. The molecule has 2 aliphatic rings. The second-order valence-electron chi connectivity index (χ2n) is 9.26. The van der Waals surface area contributed by atoms with Crippen molar-refractivity contribution in [2.45, 2.75) is 12.2 Å². The van der Waals surface area contributed by atoms with Gasteiger partial charge in [0, 0.05) is 17.1 Å². The average molecular weight is 542 g/mol. The van der Waals surface area contributed by atoms with E-state index in [2.05, 4.69) is 30.9 Å². The Hall–Kier alpha value is -4.43. The number of epoxide rings is 2. The zero-order chi connectivity index (χ0) is 27.3. The number of aromatic nitrogens is 3. The summed E-state index contributed by atoms with van der Waals surface area (Å²) in [5.41, 5.74) is 2.57. The number of hydrogen-bond acceptors (Lipinski definition) is 12. The van der Waals surface area contributed by atoms with Gasteiger partial charge in [0.15, 0.2) is 0 Å². The fourth-order valence-electron chi connectivity index (χ4n) is 3.65. The molecule has 4 aromatic rings. The standard InChI is InChI=1S/C27H27BN6O6/c35-28(36)17-1-3-18(4-2-17)29-25-32-26(30-19-5-9-21(10-6-19)37-13-23-15-39-23)34-27(33-25)31-20-7-11-22(12-8-20)38-14-24-16-40-24/h1-12,23-24,35-36H,13-16H2,(H3,29,30,31,32,33,34). The third-order valence-corrected chi connectivity index (χ3v) is 6.00. The molecule has 3 heterocycles. The van der Waals surface area contributed by atoms with Crippen molar-refractivity contribution in [1.29, 1.82) is 0 Å². The average Bonchev–Trinajstić information content (AvgIpc) is 3.88. The predicted octanol–water partition coefficient (Wildman–Crippen LogP) is 2.34. The van der Waals surface area contributed by atoms with Crippen LogP contribution in [0.25, 0.3) is 0 Å². The van der Waals surface area contributed by atoms with Gasteiger partial charge in [-0.3, -0.25) is 0 Å². The topological polar surface area (TPSA) is 159 Å². The minimum Gasteiger partial charge on any atom is -0.491 e. The lowest BCUT2D eigenvalue weighted by atomic mass is 9.80. The Morgan fingerprint density at radius 2 is 0.975 bits per heavy atom. The van der Waals surface area contributed by atoms with E-state index < -0.39 is 7.12 Å². The Morgan fingerprint density at radius 3 is 1.30 bits per heavy atom. The first-order valence-electron chi connectivity index (χ1n) is 12.8. The van der Waals surface area contributed by atoms with Crippen molar-refractivity contribution in [3.8, 4) is 11.5 Å². The van der Waals surface area contributed by atoms with Crippen molar-refractivity contribution in [3.63, 3.8) is 0 Å². The highest BCUT2D eigenvalue weighted by molar-refractivity contribution is 6.58. The highest BCUT2D eigenvalue weighted by Crippen LogP contribution is 2.24. The van der Waals surface area contributed by atoms with Gasteiger partial charge in [0.1, 0.15) is 36.9 Å². The summed E-state index contributed by atoms with van der Waals surface area (Å²) < 4.78 is 21.8. The van der Waals surface area contributed by atoms with Gasteiger partial charge < -0.3 is 44.9 Å². The van der Waals surface area contributed by atoms with Crippen LogP contribution in [0.2, 0.25) is 0 Å². The normalized spacial score (nSPS) is 17.1. The molecule has 0 saturated carbocycles. The highest BCUT2D eigenvalue weighted by atomic mass is 16.6. The van der Waals surface area contributed by atoms with Gasteiger partial charge in [-0.25, -0.2) is 0 Å². The van der Waals surface area contributed by atoms with E-state index in [1.807, 2.05) is 48.5 Å². The molecule has 0 amide bonds. The van der Waals surface area contributed by atoms with E-state index in [0.29, 0.717) is 36.3 Å². The van der Waals surface area contributed by atoms with Crippen molar-refractivity contribution < 1.29 is 29.0 Å². The first-order valence-corrected chi connectivity index (χ1v) is 12.8. The lowest BCUT2D eigenvalue weighted by molar-refractivity contribution is 0.263. The van der Waals surface area contributed by atoms with Crippen molar-refractivity contribution in [3.05, 3.63) is 72.8 Å². The second kappa shape index (κ2) is 11.8. The highest BCUT2D eigenvalue weighted by Gasteiger charge is 2.23. The van der Waals surface area contributed by atoms with E-state index in [-0.39, 0.29) is 18.2 Å². The fraction of sp³-hybridized carbons (Fsp3) is 0.222. The van der Waals surface area contributed by atoms with Gasteiger partial charge >= 0.3 is 7.12 Å². The molecule has 6 rings (SSSR count). The minimum absolute atomic E-state index is 0.186. The van der Waals surface area contributed by atoms with Crippen molar-refractivity contribution in [1.82, 2.24) is 15.0 Å². The zero-order valence-electron chi connectivity index (χ0n) is 21.4. The molecule has 5 N–H and O–H groups in total. The van der Waals surface area contributed by atoms with E-state index >= 15 is 0 Å². The zero-order valence-corrected chi connectivity index (χ0v) is 21.4. The number of ether oxygens (including phenoxy) is 4. The van der Waals surface area contributed by atoms with E-state index in [1.54, 1.807) is 24.3 Å². The summed E-state index contributed by atoms with van der Waals surface area (Å²) in [7, 11) is -1.55. The molecule has 3 aromatic carbocycles. The van der Waals surface area contributed by atoms with Gasteiger partial charge in [0.05, 0.1) is 13.2 Å². The van der Waals surface area contributed by atoms with E-state index in [1.165, 1.54) is 0 Å². The van der Waals surface area contributed by atoms with Crippen LogP contribution in [0.1, 0.15) is 0 Å². The third-order valence-electron chi connectivity index (χ3n) is 6.00. The molecule has 204 valence electrons. The first kappa shape index (κ1) is 25.8. The van der Waals surface area contributed by atoms with Crippen LogP contribution in [0.15, 0.2) is 72.8 Å². The lowest BCUT2D eigenvalue weighted by Gasteiger charge is -2.12. The van der Waals surface area contributed by atoms with Crippen LogP contribution in [0.4, 0.5) is 34.9 Å². The van der Waals surface area contributed by atoms with Crippen molar-refractivity contribution in [2.24, 2.45) is 0 Å². The summed E-state index contributed by atoms with van der Waals surface area (Å²) in [6.45, 7) is 2.55. The fourth-order valence-corrected chi connectivity index (χ4v) is 3.65. The summed E-state index contributed by atoms with van der Waals surface area (Å²) in [6, 6.07) is 21.5. The summed E-state index contributed by atoms with van der Waals surface area (Å²) in [5, 5.41) is 28.3. The molecule has 2 atom stereocenters. The number of nitrogens with one attached hydrogen (secondary N) is 3. The molecule has 12 nitrogen and oxygen atoms in total. The molecular weight excluding hydrogens is 515 g/mol. The molecule has 2 aliphatic heterocycles. The number of anilines is 6. The smallest absolute Gasteiger partial charge is 0.488 e. The molecule has 2 fully saturated rings. The van der Waals surface area contributed by atoms with Crippen LogP contribution in [0.3, 0.4) is 0 Å². The molecular formula is C27H27BN6O6. The Morgan fingerprint density at radius 1 is 0.625 bits per heavy atom. The lowest BCUT2D eigenvalue weighted by Crippen LogP contribution is -2.29. The van der Waals surface area contributed by atoms with Crippen LogP contribution in [-0.2, 0) is 9.47 Å². The quantitative estimate of drug-likeness (QED) is 0.124. The van der Waals surface area contributed by atoms with Crippen LogP contribution in [-0.4, -0.2) is 70.8 Å². The van der Waals surface area contributed by atoms with Gasteiger partial charge in [-0.2, -0.15) is 15.0 Å². The maximum absolute atomic E-state index is 9.36. The Kier molecular flexibility index (Phi) is 7.59. The van der Waals surface area contributed by atoms with Crippen molar-refractivity contribution >= 4 is 47.5 Å². The molecule has 0 radical (unpaired) electrons. The van der Waals surface area contributed by atoms with Crippen LogP contribution in [0.5, 0.6) is 11.5 Å². The Balaban J connectivity index is 1.18. The number of hydrogen-bond donors (Lipinski definition) is 5. The van der Waals surface area contributed by atoms with E-state index in [9.17, 15) is 10.0 Å². The number of benzene rings is 3. The SMILES string of the molecule is OB(O)c1ccc(Nc2nc(Nc3ccc(OCC4CO4)cc3)nc(Nc3ccc(OCC4CO4)cc3)n2)cc1. The monoisotopic (exact) mass is 542 g/mol. The molecule has 0 spiro atoms. The van der Waals surface area contributed by atoms with Gasteiger partial charge in [-0.1, -0.05) is 12.1 Å². The van der Waals surface area contributed by atoms with Crippen LogP contribution < -0.4 is 30.9 Å².